The number of hydrogen-bond acceptors (Lipinski definition) is 5. The summed E-state index contributed by atoms with van der Waals surface area (Å²) in [5.74, 6) is -0.780. The number of likely N-dealkylation sites (tertiary alicyclic amines) is 1. The predicted molar refractivity (Wildman–Crippen MR) is 87.1 cm³/mol. The van der Waals surface area contributed by atoms with Crippen molar-refractivity contribution < 1.29 is 22.6 Å². The lowest BCUT2D eigenvalue weighted by molar-refractivity contribution is -0.143. The van der Waals surface area contributed by atoms with E-state index in [0.717, 1.165) is 5.69 Å². The minimum absolute atomic E-state index is 0.245. The molecule has 130 valence electrons. The average Bonchev–Trinajstić information content (AvgIpc) is 2.85. The van der Waals surface area contributed by atoms with Crippen LogP contribution in [-0.2, 0) is 15.1 Å². The molecule has 2 aliphatic rings. The van der Waals surface area contributed by atoms with Gasteiger partial charge in [0.1, 0.15) is 6.04 Å². The highest BCUT2D eigenvalue weighted by atomic mass is 32.2. The van der Waals surface area contributed by atoms with Crippen molar-refractivity contribution >= 4 is 33.6 Å². The van der Waals surface area contributed by atoms with Gasteiger partial charge in [0.15, 0.2) is 0 Å². The SMILES string of the molecule is CN(C)c1ccc(NC(=O)N2CC[C@@H]3[C@H]2C(=O)N3S(=O)(=O)O)cc1. The van der Waals surface area contributed by atoms with E-state index in [1.807, 2.05) is 31.1 Å². The predicted octanol–water partition coefficient (Wildman–Crippen LogP) is 0.372. The maximum absolute atomic E-state index is 12.3. The number of nitrogens with zero attached hydrogens (tertiary/aromatic N) is 3. The van der Waals surface area contributed by atoms with E-state index in [4.69, 9.17) is 4.55 Å². The molecular formula is C14H18N4O5S. The molecule has 2 fully saturated rings. The fraction of sp³-hybridized carbons (Fsp3) is 0.429. The normalized spacial score (nSPS) is 22.9. The Kier molecular flexibility index (Phi) is 3.88. The van der Waals surface area contributed by atoms with Crippen LogP contribution in [0.15, 0.2) is 24.3 Å². The fourth-order valence-electron chi connectivity index (χ4n) is 3.08. The first-order valence-corrected chi connectivity index (χ1v) is 8.75. The monoisotopic (exact) mass is 354 g/mol. The van der Waals surface area contributed by atoms with Crippen LogP contribution in [0.2, 0.25) is 0 Å². The van der Waals surface area contributed by atoms with Gasteiger partial charge in [-0.3, -0.25) is 9.35 Å². The molecule has 1 aromatic rings. The highest BCUT2D eigenvalue weighted by molar-refractivity contribution is 7.84. The smallest absolute Gasteiger partial charge is 0.362 e. The number of carbonyl (C=O) groups excluding carboxylic acids is 2. The van der Waals surface area contributed by atoms with Crippen LogP contribution in [0, 0.1) is 0 Å². The molecule has 24 heavy (non-hydrogen) atoms. The summed E-state index contributed by atoms with van der Waals surface area (Å²) in [5, 5.41) is 2.69. The topological polar surface area (TPSA) is 110 Å². The lowest BCUT2D eigenvalue weighted by Crippen LogP contribution is -2.68. The zero-order chi connectivity index (χ0) is 17.6. The van der Waals surface area contributed by atoms with Crippen LogP contribution < -0.4 is 10.2 Å². The minimum Gasteiger partial charge on any atom is -0.378 e. The van der Waals surface area contributed by atoms with Gasteiger partial charge in [-0.15, -0.1) is 0 Å². The Balaban J connectivity index is 1.68. The molecule has 0 bridgehead atoms. The van der Waals surface area contributed by atoms with Crippen molar-refractivity contribution in [1.29, 1.82) is 0 Å². The van der Waals surface area contributed by atoms with Crippen molar-refractivity contribution in [2.45, 2.75) is 18.5 Å². The number of rotatable bonds is 3. The highest BCUT2D eigenvalue weighted by Crippen LogP contribution is 2.35. The van der Waals surface area contributed by atoms with Crippen molar-refractivity contribution in [3.8, 4) is 0 Å². The van der Waals surface area contributed by atoms with Gasteiger partial charge >= 0.3 is 16.3 Å². The Morgan fingerprint density at radius 3 is 2.46 bits per heavy atom. The number of nitrogens with one attached hydrogen (secondary N) is 1. The Morgan fingerprint density at radius 1 is 1.29 bits per heavy atom. The zero-order valence-electron chi connectivity index (χ0n) is 13.2. The number of carbonyl (C=O) groups is 2. The average molecular weight is 354 g/mol. The molecule has 2 aliphatic heterocycles. The summed E-state index contributed by atoms with van der Waals surface area (Å²) in [5.41, 5.74) is 1.56. The van der Waals surface area contributed by atoms with E-state index in [0.29, 0.717) is 16.4 Å². The molecule has 9 nitrogen and oxygen atoms in total. The van der Waals surface area contributed by atoms with Crippen LogP contribution in [0.3, 0.4) is 0 Å². The van der Waals surface area contributed by atoms with Crippen LogP contribution in [0.25, 0.3) is 0 Å². The number of benzene rings is 1. The molecule has 3 amide bonds. The van der Waals surface area contributed by atoms with Gasteiger partial charge in [0.05, 0.1) is 6.04 Å². The van der Waals surface area contributed by atoms with Crippen molar-refractivity contribution in [3.05, 3.63) is 24.3 Å². The van der Waals surface area contributed by atoms with Crippen LogP contribution >= 0.6 is 0 Å². The highest BCUT2D eigenvalue weighted by Gasteiger charge is 2.60. The molecule has 0 unspecified atom stereocenters. The van der Waals surface area contributed by atoms with Gasteiger partial charge in [0, 0.05) is 32.0 Å². The molecule has 2 atom stereocenters. The van der Waals surface area contributed by atoms with Crippen LogP contribution in [0.5, 0.6) is 0 Å². The van der Waals surface area contributed by atoms with Gasteiger partial charge in [0.2, 0.25) is 0 Å². The van der Waals surface area contributed by atoms with Crippen LogP contribution in [0.4, 0.5) is 16.2 Å². The van der Waals surface area contributed by atoms with Crippen molar-refractivity contribution in [3.63, 3.8) is 0 Å². The summed E-state index contributed by atoms with van der Waals surface area (Å²) in [6, 6.07) is 5.18. The molecular weight excluding hydrogens is 336 g/mol. The Morgan fingerprint density at radius 2 is 1.92 bits per heavy atom. The van der Waals surface area contributed by atoms with Gasteiger partial charge in [-0.1, -0.05) is 0 Å². The molecule has 0 saturated carbocycles. The number of β-lactam (4-membered cyclic amide) rings is 1. The molecule has 0 aromatic heterocycles. The van der Waals surface area contributed by atoms with Crippen molar-refractivity contribution in [2.24, 2.45) is 0 Å². The van der Waals surface area contributed by atoms with E-state index in [1.165, 1.54) is 4.90 Å². The van der Waals surface area contributed by atoms with Gasteiger partial charge in [-0.2, -0.15) is 8.42 Å². The summed E-state index contributed by atoms with van der Waals surface area (Å²) in [7, 11) is -0.762. The molecule has 2 heterocycles. The Hall–Kier alpha value is -2.33. The third-order valence-electron chi connectivity index (χ3n) is 4.28. The van der Waals surface area contributed by atoms with E-state index in [9.17, 15) is 18.0 Å². The number of amides is 3. The van der Waals surface area contributed by atoms with E-state index in [2.05, 4.69) is 5.32 Å². The molecule has 3 rings (SSSR count). The van der Waals surface area contributed by atoms with E-state index >= 15 is 0 Å². The minimum atomic E-state index is -4.57. The van der Waals surface area contributed by atoms with E-state index in [-0.39, 0.29) is 6.54 Å². The maximum Gasteiger partial charge on any atom is 0.362 e. The second-order valence-electron chi connectivity index (χ2n) is 5.98. The summed E-state index contributed by atoms with van der Waals surface area (Å²) in [6.07, 6.45) is 0.309. The first kappa shape index (κ1) is 16.5. The lowest BCUT2D eigenvalue weighted by Gasteiger charge is -2.42. The first-order valence-electron chi connectivity index (χ1n) is 7.36. The molecule has 0 radical (unpaired) electrons. The molecule has 2 N–H and O–H groups in total. The van der Waals surface area contributed by atoms with Gasteiger partial charge < -0.3 is 15.1 Å². The van der Waals surface area contributed by atoms with Gasteiger partial charge in [0.25, 0.3) is 5.91 Å². The van der Waals surface area contributed by atoms with Crippen LogP contribution in [0.1, 0.15) is 6.42 Å². The maximum atomic E-state index is 12.3. The molecule has 0 spiro atoms. The number of hydrogen-bond donors (Lipinski definition) is 2. The van der Waals surface area contributed by atoms with Gasteiger partial charge in [-0.25, -0.2) is 9.10 Å². The fourth-order valence-corrected chi connectivity index (χ4v) is 3.98. The lowest BCUT2D eigenvalue weighted by atomic mass is 10.0. The summed E-state index contributed by atoms with van der Waals surface area (Å²) < 4.78 is 31.8. The van der Waals surface area contributed by atoms with E-state index in [1.54, 1.807) is 12.1 Å². The van der Waals surface area contributed by atoms with Gasteiger partial charge in [-0.05, 0) is 30.7 Å². The van der Waals surface area contributed by atoms with Crippen molar-refractivity contribution in [1.82, 2.24) is 9.21 Å². The standard InChI is InChI=1S/C14H18N4O5S/c1-16(2)10-5-3-9(4-6-10)15-14(20)17-8-7-11-12(17)13(19)18(11)24(21,22)23/h3-6,11-12H,7-8H2,1-2H3,(H,15,20)(H,21,22,23)/t11-,12+/m1/s1. The van der Waals surface area contributed by atoms with Crippen LogP contribution in [-0.4, -0.2) is 66.8 Å². The number of urea groups is 1. The summed E-state index contributed by atoms with van der Waals surface area (Å²) >= 11 is 0. The Bertz CT molecular complexity index is 777. The first-order chi connectivity index (χ1) is 11.2. The molecule has 0 aliphatic carbocycles. The third-order valence-corrected chi connectivity index (χ3v) is 5.23. The second kappa shape index (κ2) is 5.64. The summed E-state index contributed by atoms with van der Waals surface area (Å²) in [6.45, 7) is 0.245. The molecule has 10 heteroatoms. The Labute approximate surface area is 139 Å². The number of fused-ring (bicyclic) bond motifs is 1. The molecule has 1 aromatic carbocycles. The zero-order valence-corrected chi connectivity index (χ0v) is 14.0. The van der Waals surface area contributed by atoms with Crippen molar-refractivity contribution in [2.75, 3.05) is 30.9 Å². The number of anilines is 2. The largest absolute Gasteiger partial charge is 0.378 e. The quantitative estimate of drug-likeness (QED) is 0.599. The third kappa shape index (κ3) is 2.67. The second-order valence-corrected chi connectivity index (χ2v) is 7.27. The molecule has 2 saturated heterocycles. The van der Waals surface area contributed by atoms with E-state index < -0.39 is 34.3 Å². The summed E-state index contributed by atoms with van der Waals surface area (Å²) in [4.78, 5) is 27.5.